The maximum atomic E-state index is 12.5. The molecule has 2 aromatic heterocycles. The van der Waals surface area contributed by atoms with Gasteiger partial charge in [0.15, 0.2) is 0 Å². The third-order valence-corrected chi connectivity index (χ3v) is 4.59. The molecule has 8 heteroatoms. The lowest BCUT2D eigenvalue weighted by Crippen LogP contribution is -2.32. The monoisotopic (exact) mass is 354 g/mol. The number of carbonyl (C=O) groups is 1. The molecule has 3 rings (SSSR count). The lowest BCUT2D eigenvalue weighted by atomic mass is 10.1. The number of aromatic nitrogens is 3. The molecule has 0 saturated carbocycles. The molecule has 25 heavy (non-hydrogen) atoms. The fourth-order valence-corrected chi connectivity index (χ4v) is 3.08. The fourth-order valence-electron chi connectivity index (χ4n) is 2.29. The first-order valence-corrected chi connectivity index (χ1v) is 8.55. The van der Waals surface area contributed by atoms with Crippen LogP contribution in [0.25, 0.3) is 10.7 Å². The van der Waals surface area contributed by atoms with Crippen molar-refractivity contribution in [2.24, 2.45) is 5.73 Å². The first-order chi connectivity index (χ1) is 12.2. The summed E-state index contributed by atoms with van der Waals surface area (Å²) < 4.78 is 0. The highest BCUT2D eigenvalue weighted by Crippen LogP contribution is 2.24. The van der Waals surface area contributed by atoms with Gasteiger partial charge in [0.1, 0.15) is 15.6 Å². The molecule has 0 radical (unpaired) electrons. The van der Waals surface area contributed by atoms with Gasteiger partial charge in [0.05, 0.1) is 12.2 Å². The van der Waals surface area contributed by atoms with Crippen LogP contribution in [-0.2, 0) is 0 Å². The van der Waals surface area contributed by atoms with E-state index in [1.54, 1.807) is 25.5 Å². The van der Waals surface area contributed by atoms with Crippen molar-refractivity contribution in [1.29, 1.82) is 0 Å². The van der Waals surface area contributed by atoms with Crippen LogP contribution in [0.15, 0.2) is 48.8 Å². The molecule has 0 aliphatic rings. The van der Waals surface area contributed by atoms with Crippen molar-refractivity contribution in [3.8, 4) is 10.7 Å². The predicted octanol–water partition coefficient (Wildman–Crippen LogP) is 2.07. The largest absolute Gasteiger partial charge is 0.357 e. The summed E-state index contributed by atoms with van der Waals surface area (Å²) >= 11 is 1.28. The maximum Gasteiger partial charge on any atom is 0.263 e. The first kappa shape index (κ1) is 17.0. The van der Waals surface area contributed by atoms with E-state index in [1.165, 1.54) is 11.3 Å². The highest BCUT2D eigenvalue weighted by atomic mass is 32.1. The Balaban J connectivity index is 1.76. The number of nitrogens with one attached hydrogen (secondary N) is 2. The summed E-state index contributed by atoms with van der Waals surface area (Å²) in [4.78, 5) is 25.7. The maximum absolute atomic E-state index is 12.5. The summed E-state index contributed by atoms with van der Waals surface area (Å²) in [6, 6.07) is 11.2. The smallest absolute Gasteiger partial charge is 0.263 e. The van der Waals surface area contributed by atoms with Crippen molar-refractivity contribution in [3.05, 3.63) is 59.2 Å². The Kier molecular flexibility index (Phi) is 5.32. The van der Waals surface area contributed by atoms with Gasteiger partial charge in [-0.25, -0.2) is 15.0 Å². The normalized spacial score (nSPS) is 11.8. The number of amides is 1. The molecular formula is C17H18N6OS. The van der Waals surface area contributed by atoms with Crippen molar-refractivity contribution >= 4 is 23.2 Å². The molecule has 0 fully saturated rings. The van der Waals surface area contributed by atoms with Crippen molar-refractivity contribution < 1.29 is 4.79 Å². The molecule has 1 unspecified atom stereocenters. The summed E-state index contributed by atoms with van der Waals surface area (Å²) in [5.41, 5.74) is 7.45. The molecule has 0 aliphatic heterocycles. The second-order valence-corrected chi connectivity index (χ2v) is 6.25. The average molecular weight is 354 g/mol. The zero-order valence-electron chi connectivity index (χ0n) is 13.6. The molecule has 3 aromatic rings. The number of hydrogen-bond donors (Lipinski definition) is 3. The van der Waals surface area contributed by atoms with E-state index in [1.807, 2.05) is 30.3 Å². The van der Waals surface area contributed by atoms with Gasteiger partial charge in [-0.3, -0.25) is 4.79 Å². The van der Waals surface area contributed by atoms with Crippen molar-refractivity contribution in [2.75, 3.05) is 18.9 Å². The molecule has 0 bridgehead atoms. The van der Waals surface area contributed by atoms with Gasteiger partial charge in [-0.15, -0.1) is 11.3 Å². The quantitative estimate of drug-likeness (QED) is 0.626. The Bertz CT molecular complexity index is 851. The third kappa shape index (κ3) is 3.98. The third-order valence-electron chi connectivity index (χ3n) is 3.57. The van der Waals surface area contributed by atoms with E-state index in [0.717, 1.165) is 5.56 Å². The molecule has 1 amide bonds. The van der Waals surface area contributed by atoms with E-state index < -0.39 is 0 Å². The van der Waals surface area contributed by atoms with Crippen molar-refractivity contribution in [1.82, 2.24) is 20.3 Å². The van der Waals surface area contributed by atoms with Gasteiger partial charge < -0.3 is 16.4 Å². The fraction of sp³-hybridized carbons (Fsp3) is 0.176. The number of nitrogens with zero attached hydrogens (tertiary/aromatic N) is 3. The standard InChI is InChI=1S/C17H18N6OS/c1-19-17-20-8-7-12(23-17)16-21-10-14(25-16)15(24)22-13(9-18)11-5-3-2-4-6-11/h2-8,10,13H,9,18H2,1H3,(H,22,24)(H,19,20,23). The lowest BCUT2D eigenvalue weighted by Gasteiger charge is -2.16. The van der Waals surface area contributed by atoms with Crippen molar-refractivity contribution in [2.45, 2.75) is 6.04 Å². The van der Waals surface area contributed by atoms with E-state index >= 15 is 0 Å². The van der Waals surface area contributed by atoms with Crippen LogP contribution < -0.4 is 16.4 Å². The van der Waals surface area contributed by atoms with Crippen LogP contribution in [0.4, 0.5) is 5.95 Å². The Morgan fingerprint density at radius 3 is 2.76 bits per heavy atom. The van der Waals surface area contributed by atoms with Crippen LogP contribution in [0.2, 0.25) is 0 Å². The van der Waals surface area contributed by atoms with Gasteiger partial charge in [0.2, 0.25) is 5.95 Å². The van der Waals surface area contributed by atoms with Gasteiger partial charge >= 0.3 is 0 Å². The van der Waals surface area contributed by atoms with Crippen LogP contribution >= 0.6 is 11.3 Å². The number of benzene rings is 1. The Morgan fingerprint density at radius 2 is 2.04 bits per heavy atom. The van der Waals surface area contributed by atoms with Crippen LogP contribution in [0.3, 0.4) is 0 Å². The van der Waals surface area contributed by atoms with E-state index in [9.17, 15) is 4.79 Å². The summed E-state index contributed by atoms with van der Waals surface area (Å²) in [7, 11) is 1.75. The molecule has 0 saturated heterocycles. The number of thiazole rings is 1. The van der Waals surface area contributed by atoms with Gasteiger partial charge in [-0.2, -0.15) is 0 Å². The number of anilines is 1. The molecule has 0 spiro atoms. The van der Waals surface area contributed by atoms with E-state index in [4.69, 9.17) is 5.73 Å². The number of carbonyl (C=O) groups excluding carboxylic acids is 1. The summed E-state index contributed by atoms with van der Waals surface area (Å²) in [5, 5.41) is 6.49. The zero-order chi connectivity index (χ0) is 17.6. The molecule has 0 aliphatic carbocycles. The second kappa shape index (κ2) is 7.82. The molecule has 1 aromatic carbocycles. The van der Waals surface area contributed by atoms with Crippen LogP contribution in [0.1, 0.15) is 21.3 Å². The Morgan fingerprint density at radius 1 is 1.24 bits per heavy atom. The second-order valence-electron chi connectivity index (χ2n) is 5.22. The summed E-state index contributed by atoms with van der Waals surface area (Å²) in [6.07, 6.45) is 3.20. The van der Waals surface area contributed by atoms with E-state index in [-0.39, 0.29) is 11.9 Å². The van der Waals surface area contributed by atoms with E-state index in [0.29, 0.717) is 28.1 Å². The van der Waals surface area contributed by atoms with Gasteiger partial charge in [0.25, 0.3) is 5.91 Å². The van der Waals surface area contributed by atoms with Gasteiger partial charge in [-0.05, 0) is 11.6 Å². The molecular weight excluding hydrogens is 336 g/mol. The highest BCUT2D eigenvalue weighted by molar-refractivity contribution is 7.16. The van der Waals surface area contributed by atoms with Crippen LogP contribution in [0, 0.1) is 0 Å². The minimum absolute atomic E-state index is 0.203. The summed E-state index contributed by atoms with van der Waals surface area (Å²) in [5.74, 6) is 0.303. The molecule has 128 valence electrons. The highest BCUT2D eigenvalue weighted by Gasteiger charge is 2.17. The molecule has 2 heterocycles. The molecule has 7 nitrogen and oxygen atoms in total. The first-order valence-electron chi connectivity index (χ1n) is 7.74. The Labute approximate surface area is 149 Å². The van der Waals surface area contributed by atoms with Gasteiger partial charge in [-0.1, -0.05) is 30.3 Å². The topological polar surface area (TPSA) is 106 Å². The molecule has 1 atom stereocenters. The summed E-state index contributed by atoms with van der Waals surface area (Å²) in [6.45, 7) is 0.318. The lowest BCUT2D eigenvalue weighted by molar-refractivity contribution is 0.0941. The average Bonchev–Trinajstić information content (AvgIpc) is 3.17. The zero-order valence-corrected chi connectivity index (χ0v) is 14.5. The van der Waals surface area contributed by atoms with Crippen molar-refractivity contribution in [3.63, 3.8) is 0 Å². The number of nitrogens with two attached hydrogens (primary N) is 1. The molecule has 4 N–H and O–H groups in total. The van der Waals surface area contributed by atoms with Crippen LogP contribution in [-0.4, -0.2) is 34.5 Å². The minimum Gasteiger partial charge on any atom is -0.357 e. The van der Waals surface area contributed by atoms with Gasteiger partial charge in [0, 0.05) is 19.8 Å². The van der Waals surface area contributed by atoms with Crippen LogP contribution in [0.5, 0.6) is 0 Å². The predicted molar refractivity (Wildman–Crippen MR) is 98.4 cm³/mol. The SMILES string of the molecule is CNc1nccc(-c2ncc(C(=O)NC(CN)c3ccccc3)s2)n1. The minimum atomic E-state index is -0.241. The Hall–Kier alpha value is -2.84. The van der Waals surface area contributed by atoms with E-state index in [2.05, 4.69) is 25.6 Å². The number of rotatable bonds is 6. The number of hydrogen-bond acceptors (Lipinski definition) is 7.